The summed E-state index contributed by atoms with van der Waals surface area (Å²) in [6, 6.07) is 8.35. The van der Waals surface area contributed by atoms with E-state index in [9.17, 15) is 5.11 Å². The molecule has 0 unspecified atom stereocenters. The van der Waals surface area contributed by atoms with Gasteiger partial charge in [0.15, 0.2) is 5.96 Å². The van der Waals surface area contributed by atoms with E-state index in [1.165, 1.54) is 5.57 Å². The maximum Gasteiger partial charge on any atom is 0.191 e. The molecule has 0 amide bonds. The zero-order valence-electron chi connectivity index (χ0n) is 15.6. The second kappa shape index (κ2) is 10.2. The maximum absolute atomic E-state index is 9.44. The number of hydrogen-bond donors (Lipinski definition) is 3. The third-order valence-corrected chi connectivity index (χ3v) is 4.46. The van der Waals surface area contributed by atoms with Crippen LogP contribution < -0.4 is 10.6 Å². The summed E-state index contributed by atoms with van der Waals surface area (Å²) in [4.78, 5) is 7.17. The van der Waals surface area contributed by atoms with E-state index in [0.29, 0.717) is 12.6 Å². The number of guanidine groups is 1. The number of likely N-dealkylation sites (tertiary alicyclic amines) is 1. The minimum Gasteiger partial charge on any atom is -0.392 e. The lowest BCUT2D eigenvalue weighted by atomic mass is 10.0. The summed E-state index contributed by atoms with van der Waals surface area (Å²) in [5, 5.41) is 16.3. The van der Waals surface area contributed by atoms with Crippen molar-refractivity contribution in [3.8, 4) is 0 Å². The van der Waals surface area contributed by atoms with Gasteiger partial charge >= 0.3 is 0 Å². The number of nitrogens with one attached hydrogen (secondary N) is 2. The van der Waals surface area contributed by atoms with Crippen molar-refractivity contribution in [2.75, 3.05) is 26.2 Å². The van der Waals surface area contributed by atoms with Crippen LogP contribution in [0.3, 0.4) is 0 Å². The lowest BCUT2D eigenvalue weighted by Gasteiger charge is -2.33. The molecule has 0 bridgehead atoms. The van der Waals surface area contributed by atoms with E-state index in [-0.39, 0.29) is 6.61 Å². The van der Waals surface area contributed by atoms with Crippen LogP contribution in [0.15, 0.2) is 41.4 Å². The summed E-state index contributed by atoms with van der Waals surface area (Å²) in [6.07, 6.45) is 2.23. The number of hydrogen-bond acceptors (Lipinski definition) is 3. The summed E-state index contributed by atoms with van der Waals surface area (Å²) >= 11 is 0. The van der Waals surface area contributed by atoms with E-state index in [4.69, 9.17) is 4.99 Å². The van der Waals surface area contributed by atoms with E-state index < -0.39 is 0 Å². The standard InChI is InChI=1S/C20H32N4O/c1-4-21-20(22-13-17-7-5-6-8-18(17)15-25)23-19-9-11-24(12-10-19)14-16(2)3/h5-8,19,25H,2,4,9-15H2,1,3H3,(H2,21,22,23). The van der Waals surface area contributed by atoms with Gasteiger partial charge in [-0.2, -0.15) is 0 Å². The molecule has 3 N–H and O–H groups in total. The van der Waals surface area contributed by atoms with Crippen molar-refractivity contribution in [3.63, 3.8) is 0 Å². The number of benzene rings is 1. The van der Waals surface area contributed by atoms with E-state index in [2.05, 4.69) is 36.0 Å². The molecule has 1 aliphatic heterocycles. The fourth-order valence-electron chi connectivity index (χ4n) is 3.16. The Balaban J connectivity index is 1.91. The summed E-state index contributed by atoms with van der Waals surface area (Å²) < 4.78 is 0. The van der Waals surface area contributed by atoms with Gasteiger partial charge in [-0.25, -0.2) is 4.99 Å². The largest absolute Gasteiger partial charge is 0.392 e. The third-order valence-electron chi connectivity index (χ3n) is 4.46. The molecule has 2 rings (SSSR count). The smallest absolute Gasteiger partial charge is 0.191 e. The van der Waals surface area contributed by atoms with Crippen molar-refractivity contribution in [3.05, 3.63) is 47.5 Å². The van der Waals surface area contributed by atoms with Gasteiger partial charge in [-0.05, 0) is 37.8 Å². The Hall–Kier alpha value is -1.85. The van der Waals surface area contributed by atoms with Crippen LogP contribution in [0.5, 0.6) is 0 Å². The fraction of sp³-hybridized carbons (Fsp3) is 0.550. The first-order valence-corrected chi connectivity index (χ1v) is 9.21. The molecule has 1 saturated heterocycles. The van der Waals surface area contributed by atoms with Gasteiger partial charge < -0.3 is 15.7 Å². The number of aliphatic imine (C=N–C) groups is 1. The molecule has 1 aromatic rings. The lowest BCUT2D eigenvalue weighted by Crippen LogP contribution is -2.48. The molecule has 0 atom stereocenters. The summed E-state index contributed by atoms with van der Waals surface area (Å²) in [5.74, 6) is 0.855. The van der Waals surface area contributed by atoms with E-state index in [1.807, 2.05) is 24.3 Å². The SMILES string of the molecule is C=C(C)CN1CCC(NC(=NCc2ccccc2CO)NCC)CC1. The predicted molar refractivity (Wildman–Crippen MR) is 105 cm³/mol. The Labute approximate surface area is 151 Å². The lowest BCUT2D eigenvalue weighted by molar-refractivity contribution is 0.221. The van der Waals surface area contributed by atoms with Gasteiger partial charge in [-0.1, -0.05) is 36.4 Å². The van der Waals surface area contributed by atoms with E-state index in [1.54, 1.807) is 0 Å². The predicted octanol–water partition coefficient (Wildman–Crippen LogP) is 2.27. The molecular formula is C20H32N4O. The summed E-state index contributed by atoms with van der Waals surface area (Å²) in [5.41, 5.74) is 3.23. The van der Waals surface area contributed by atoms with Crippen LogP contribution in [0.1, 0.15) is 37.8 Å². The molecule has 5 heteroatoms. The molecule has 1 aliphatic rings. The van der Waals surface area contributed by atoms with Crippen LogP contribution in [-0.4, -0.2) is 48.2 Å². The van der Waals surface area contributed by atoms with E-state index >= 15 is 0 Å². The minimum absolute atomic E-state index is 0.0524. The van der Waals surface area contributed by atoms with Crippen molar-refractivity contribution in [1.29, 1.82) is 0 Å². The normalized spacial score (nSPS) is 16.7. The molecule has 1 aromatic carbocycles. The second-order valence-electron chi connectivity index (χ2n) is 6.77. The van der Waals surface area contributed by atoms with Crippen LogP contribution in [0.25, 0.3) is 0 Å². The summed E-state index contributed by atoms with van der Waals surface area (Å²) in [6.45, 7) is 12.8. The van der Waals surface area contributed by atoms with Gasteiger partial charge in [0.2, 0.25) is 0 Å². The maximum atomic E-state index is 9.44. The van der Waals surface area contributed by atoms with Gasteiger partial charge in [-0.3, -0.25) is 4.90 Å². The number of rotatable bonds is 7. The Morgan fingerprint density at radius 1 is 1.28 bits per heavy atom. The van der Waals surface area contributed by atoms with Crippen LogP contribution in [0.2, 0.25) is 0 Å². The number of aliphatic hydroxyl groups excluding tert-OH is 1. The van der Waals surface area contributed by atoms with Crippen molar-refractivity contribution < 1.29 is 5.11 Å². The fourth-order valence-corrected chi connectivity index (χ4v) is 3.16. The monoisotopic (exact) mass is 344 g/mol. The topological polar surface area (TPSA) is 59.9 Å². The average Bonchev–Trinajstić information content (AvgIpc) is 2.61. The Bertz CT molecular complexity index is 577. The molecule has 1 fully saturated rings. The summed E-state index contributed by atoms with van der Waals surface area (Å²) in [7, 11) is 0. The highest BCUT2D eigenvalue weighted by Gasteiger charge is 2.19. The van der Waals surface area contributed by atoms with Crippen LogP contribution in [-0.2, 0) is 13.2 Å². The van der Waals surface area contributed by atoms with Gasteiger partial charge in [0.1, 0.15) is 0 Å². The molecule has 0 aliphatic carbocycles. The molecule has 25 heavy (non-hydrogen) atoms. The minimum atomic E-state index is 0.0524. The molecule has 1 heterocycles. The van der Waals surface area contributed by atoms with Gasteiger partial charge in [-0.15, -0.1) is 0 Å². The van der Waals surface area contributed by atoms with Crippen molar-refractivity contribution in [2.45, 2.75) is 45.9 Å². The highest BCUT2D eigenvalue weighted by atomic mass is 16.3. The molecular weight excluding hydrogens is 312 g/mol. The molecule has 0 spiro atoms. The Morgan fingerprint density at radius 3 is 2.56 bits per heavy atom. The Morgan fingerprint density at radius 2 is 1.96 bits per heavy atom. The number of piperidine rings is 1. The zero-order chi connectivity index (χ0) is 18.1. The van der Waals surface area contributed by atoms with E-state index in [0.717, 1.165) is 56.1 Å². The number of aliphatic hydroxyl groups is 1. The van der Waals surface area contributed by atoms with Crippen molar-refractivity contribution in [2.24, 2.45) is 4.99 Å². The van der Waals surface area contributed by atoms with Crippen LogP contribution >= 0.6 is 0 Å². The first-order valence-electron chi connectivity index (χ1n) is 9.21. The molecule has 0 saturated carbocycles. The molecule has 0 radical (unpaired) electrons. The van der Waals surface area contributed by atoms with Crippen LogP contribution in [0.4, 0.5) is 0 Å². The second-order valence-corrected chi connectivity index (χ2v) is 6.77. The molecule has 138 valence electrons. The third kappa shape index (κ3) is 6.52. The van der Waals surface area contributed by atoms with Crippen molar-refractivity contribution in [1.82, 2.24) is 15.5 Å². The highest BCUT2D eigenvalue weighted by Crippen LogP contribution is 2.12. The molecule has 0 aromatic heterocycles. The highest BCUT2D eigenvalue weighted by molar-refractivity contribution is 5.80. The first kappa shape index (κ1) is 19.5. The quantitative estimate of drug-likeness (QED) is 0.403. The Kier molecular flexibility index (Phi) is 7.95. The van der Waals surface area contributed by atoms with Gasteiger partial charge in [0, 0.05) is 32.2 Å². The molecule has 5 nitrogen and oxygen atoms in total. The average molecular weight is 345 g/mol. The first-order chi connectivity index (χ1) is 12.1. The van der Waals surface area contributed by atoms with Gasteiger partial charge in [0.05, 0.1) is 13.2 Å². The zero-order valence-corrected chi connectivity index (χ0v) is 15.6. The number of nitrogens with zero attached hydrogens (tertiary/aromatic N) is 2. The van der Waals surface area contributed by atoms with Crippen LogP contribution in [0, 0.1) is 0 Å². The van der Waals surface area contributed by atoms with Gasteiger partial charge in [0.25, 0.3) is 0 Å². The van der Waals surface area contributed by atoms with Crippen molar-refractivity contribution >= 4 is 5.96 Å².